The minimum Gasteiger partial charge on any atom is -0.479 e. The molecule has 2 aromatic heterocycles. The van der Waals surface area contributed by atoms with E-state index in [1.54, 1.807) is 32.0 Å². The maximum Gasteiger partial charge on any atom is 0.253 e. The fraction of sp³-hybridized carbons (Fsp3) is 0.286. The van der Waals surface area contributed by atoms with Crippen LogP contribution >= 0.6 is 0 Å². The van der Waals surface area contributed by atoms with Crippen LogP contribution in [0.2, 0.25) is 0 Å². The fourth-order valence-electron chi connectivity index (χ4n) is 3.57. The summed E-state index contributed by atoms with van der Waals surface area (Å²) in [7, 11) is 1.57. The summed E-state index contributed by atoms with van der Waals surface area (Å²) in [6, 6.07) is 9.36. The monoisotopic (exact) mass is 375 g/mol. The van der Waals surface area contributed by atoms with Crippen LogP contribution < -0.4 is 4.74 Å². The van der Waals surface area contributed by atoms with Crippen molar-refractivity contribution in [2.45, 2.75) is 18.8 Å². The minimum absolute atomic E-state index is 0.0383. The number of carbonyl (C=O) groups is 1. The van der Waals surface area contributed by atoms with Gasteiger partial charge in [-0.05, 0) is 31.0 Å². The summed E-state index contributed by atoms with van der Waals surface area (Å²) in [4.78, 5) is 31.7. The van der Waals surface area contributed by atoms with Crippen molar-refractivity contribution >= 4 is 5.91 Å². The van der Waals surface area contributed by atoms with Crippen molar-refractivity contribution in [3.63, 3.8) is 0 Å². The zero-order valence-electron chi connectivity index (χ0n) is 15.7. The third-order valence-electron chi connectivity index (χ3n) is 5.00. The highest BCUT2D eigenvalue weighted by atomic mass is 16.5. The molecule has 1 aromatic carbocycles. The van der Waals surface area contributed by atoms with Crippen molar-refractivity contribution in [3.05, 3.63) is 66.5 Å². The van der Waals surface area contributed by atoms with Crippen LogP contribution in [0.25, 0.3) is 11.3 Å². The Morgan fingerprint density at radius 2 is 1.89 bits per heavy atom. The number of hydrogen-bond donors (Lipinski definition) is 0. The molecule has 1 aliphatic rings. The van der Waals surface area contributed by atoms with Gasteiger partial charge in [0.1, 0.15) is 12.0 Å². The molecule has 0 saturated carbocycles. The molecule has 1 unspecified atom stereocenters. The van der Waals surface area contributed by atoms with Gasteiger partial charge in [0.2, 0.25) is 5.88 Å². The van der Waals surface area contributed by atoms with Crippen LogP contribution in [0.1, 0.15) is 34.8 Å². The fourth-order valence-corrected chi connectivity index (χ4v) is 3.57. The Balaban J connectivity index is 1.50. The Morgan fingerprint density at radius 1 is 1.07 bits per heavy atom. The second-order valence-corrected chi connectivity index (χ2v) is 6.72. The molecule has 7 nitrogen and oxygen atoms in total. The number of methoxy groups -OCH3 is 1. The molecule has 142 valence electrons. The molecule has 4 rings (SSSR count). The van der Waals surface area contributed by atoms with Gasteiger partial charge in [0.05, 0.1) is 7.11 Å². The van der Waals surface area contributed by atoms with Gasteiger partial charge in [-0.1, -0.05) is 12.1 Å². The zero-order chi connectivity index (χ0) is 19.3. The van der Waals surface area contributed by atoms with Gasteiger partial charge >= 0.3 is 0 Å². The zero-order valence-corrected chi connectivity index (χ0v) is 15.7. The summed E-state index contributed by atoms with van der Waals surface area (Å²) in [5.74, 6) is 0.755. The average Bonchev–Trinajstić information content (AvgIpc) is 2.79. The molecule has 7 heteroatoms. The predicted molar refractivity (Wildman–Crippen MR) is 104 cm³/mol. The Bertz CT molecular complexity index is 947. The van der Waals surface area contributed by atoms with Gasteiger partial charge in [0.15, 0.2) is 0 Å². The van der Waals surface area contributed by atoms with Gasteiger partial charge < -0.3 is 9.64 Å². The van der Waals surface area contributed by atoms with Crippen molar-refractivity contribution in [2.24, 2.45) is 0 Å². The molecule has 3 heterocycles. The van der Waals surface area contributed by atoms with E-state index in [0.717, 1.165) is 30.6 Å². The number of aromatic nitrogens is 4. The molecule has 1 saturated heterocycles. The average molecular weight is 375 g/mol. The maximum absolute atomic E-state index is 13.0. The highest BCUT2D eigenvalue weighted by Crippen LogP contribution is 2.28. The molecule has 0 bridgehead atoms. The lowest BCUT2D eigenvalue weighted by Gasteiger charge is -2.32. The SMILES string of the molecule is COc1nccnc1-c1ccc(C(=O)N2CCCC(c3ccncn3)C2)cc1. The summed E-state index contributed by atoms with van der Waals surface area (Å²) in [5.41, 5.74) is 3.18. The van der Waals surface area contributed by atoms with Gasteiger partial charge in [-0.2, -0.15) is 0 Å². The first-order chi connectivity index (χ1) is 13.8. The predicted octanol–water partition coefficient (Wildman–Crippen LogP) is 2.96. The van der Waals surface area contributed by atoms with Crippen LogP contribution in [0.15, 0.2) is 55.2 Å². The van der Waals surface area contributed by atoms with Crippen LogP contribution in [0.5, 0.6) is 5.88 Å². The molecule has 28 heavy (non-hydrogen) atoms. The summed E-state index contributed by atoms with van der Waals surface area (Å²) in [6.07, 6.45) is 8.53. The number of ether oxygens (including phenoxy) is 1. The number of likely N-dealkylation sites (tertiary alicyclic amines) is 1. The lowest BCUT2D eigenvalue weighted by molar-refractivity contribution is 0.0706. The van der Waals surface area contributed by atoms with Gasteiger partial charge in [-0.25, -0.2) is 19.9 Å². The number of rotatable bonds is 4. The van der Waals surface area contributed by atoms with Crippen molar-refractivity contribution in [3.8, 4) is 17.1 Å². The van der Waals surface area contributed by atoms with Gasteiger partial charge in [0.25, 0.3) is 5.91 Å². The van der Waals surface area contributed by atoms with E-state index in [9.17, 15) is 4.79 Å². The van der Waals surface area contributed by atoms with Crippen LogP contribution in [-0.4, -0.2) is 50.9 Å². The van der Waals surface area contributed by atoms with Gasteiger partial charge in [-0.3, -0.25) is 4.79 Å². The number of benzene rings is 1. The highest BCUT2D eigenvalue weighted by molar-refractivity contribution is 5.94. The topological polar surface area (TPSA) is 81.1 Å². The smallest absolute Gasteiger partial charge is 0.253 e. The molecule has 1 atom stereocenters. The molecular formula is C21H21N5O2. The van der Waals surface area contributed by atoms with Crippen molar-refractivity contribution < 1.29 is 9.53 Å². The Kier molecular flexibility index (Phi) is 5.23. The van der Waals surface area contributed by atoms with Crippen molar-refractivity contribution in [1.29, 1.82) is 0 Å². The first-order valence-corrected chi connectivity index (χ1v) is 9.27. The number of piperidine rings is 1. The second kappa shape index (κ2) is 8.12. The Hall–Kier alpha value is -3.35. The summed E-state index contributed by atoms with van der Waals surface area (Å²) >= 11 is 0. The molecule has 3 aromatic rings. The van der Waals surface area contributed by atoms with Crippen LogP contribution in [-0.2, 0) is 0 Å². The van der Waals surface area contributed by atoms with E-state index in [4.69, 9.17) is 4.74 Å². The van der Waals surface area contributed by atoms with Gasteiger partial charge in [-0.15, -0.1) is 0 Å². The van der Waals surface area contributed by atoms with E-state index < -0.39 is 0 Å². The van der Waals surface area contributed by atoms with Crippen molar-refractivity contribution in [2.75, 3.05) is 20.2 Å². The Labute approximate surface area is 163 Å². The molecule has 1 aliphatic heterocycles. The molecular weight excluding hydrogens is 354 g/mol. The summed E-state index contributed by atoms with van der Waals surface area (Å²) in [5, 5.41) is 0. The van der Waals surface area contributed by atoms with E-state index >= 15 is 0 Å². The van der Waals surface area contributed by atoms with Crippen LogP contribution in [0, 0.1) is 0 Å². The maximum atomic E-state index is 13.0. The molecule has 0 spiro atoms. The van der Waals surface area contributed by atoms with E-state index in [0.29, 0.717) is 23.7 Å². The largest absolute Gasteiger partial charge is 0.479 e. The Morgan fingerprint density at radius 3 is 2.64 bits per heavy atom. The second-order valence-electron chi connectivity index (χ2n) is 6.72. The van der Waals surface area contributed by atoms with Gasteiger partial charge in [0, 0.05) is 54.4 Å². The number of amides is 1. The van der Waals surface area contributed by atoms with Crippen LogP contribution in [0.4, 0.5) is 0 Å². The highest BCUT2D eigenvalue weighted by Gasteiger charge is 2.26. The molecule has 0 N–H and O–H groups in total. The minimum atomic E-state index is 0.0383. The van der Waals surface area contributed by atoms with E-state index in [-0.39, 0.29) is 11.8 Å². The van der Waals surface area contributed by atoms with E-state index in [2.05, 4.69) is 19.9 Å². The summed E-state index contributed by atoms with van der Waals surface area (Å²) < 4.78 is 5.27. The molecule has 1 amide bonds. The van der Waals surface area contributed by atoms with Crippen LogP contribution in [0.3, 0.4) is 0 Å². The third kappa shape index (κ3) is 3.69. The standard InChI is InChI=1S/C21H21N5O2/c1-28-20-19(23-10-11-24-20)15-4-6-16(7-5-15)21(27)26-12-2-3-17(13-26)18-8-9-22-14-25-18/h4-11,14,17H,2-3,12-13H2,1H3. The molecule has 0 radical (unpaired) electrons. The normalized spacial score (nSPS) is 16.6. The molecule has 1 fully saturated rings. The lowest BCUT2D eigenvalue weighted by atomic mass is 9.94. The summed E-state index contributed by atoms with van der Waals surface area (Å²) in [6.45, 7) is 1.44. The third-order valence-corrected chi connectivity index (χ3v) is 5.00. The first kappa shape index (κ1) is 18.0. The number of hydrogen-bond acceptors (Lipinski definition) is 6. The lowest BCUT2D eigenvalue weighted by Crippen LogP contribution is -2.39. The van der Waals surface area contributed by atoms with E-state index in [1.165, 1.54) is 0 Å². The number of carbonyl (C=O) groups excluding carboxylic acids is 1. The van der Waals surface area contributed by atoms with E-state index in [1.807, 2.05) is 35.2 Å². The quantitative estimate of drug-likeness (QED) is 0.697. The molecule has 0 aliphatic carbocycles. The first-order valence-electron chi connectivity index (χ1n) is 9.27. The van der Waals surface area contributed by atoms with Crippen molar-refractivity contribution in [1.82, 2.24) is 24.8 Å². The number of nitrogens with zero attached hydrogens (tertiary/aromatic N) is 5.